The highest BCUT2D eigenvalue weighted by Crippen LogP contribution is 2.42. The van der Waals surface area contributed by atoms with Crippen molar-refractivity contribution in [3.8, 4) is 5.75 Å². The van der Waals surface area contributed by atoms with E-state index in [0.717, 1.165) is 12.0 Å². The van der Waals surface area contributed by atoms with Gasteiger partial charge in [0.15, 0.2) is 0 Å². The molecule has 1 aromatic carbocycles. The molecule has 0 amide bonds. The molecule has 0 aromatic heterocycles. The molecular formula is C13H15ClF2O. The zero-order valence-electron chi connectivity index (χ0n) is 9.68. The summed E-state index contributed by atoms with van der Waals surface area (Å²) in [5.41, 5.74) is 1.14. The monoisotopic (exact) mass is 260 g/mol. The van der Waals surface area contributed by atoms with Gasteiger partial charge < -0.3 is 4.74 Å². The predicted molar refractivity (Wildman–Crippen MR) is 64.0 cm³/mol. The van der Waals surface area contributed by atoms with Crippen molar-refractivity contribution in [1.29, 1.82) is 0 Å². The fraction of sp³-hybridized carbons (Fsp3) is 0.538. The van der Waals surface area contributed by atoms with Crippen LogP contribution in [0.4, 0.5) is 8.78 Å². The Hall–Kier alpha value is -0.830. The third kappa shape index (κ3) is 3.09. The fourth-order valence-corrected chi connectivity index (χ4v) is 2.25. The van der Waals surface area contributed by atoms with Gasteiger partial charge >= 0.3 is 0 Å². The Morgan fingerprint density at radius 3 is 2.65 bits per heavy atom. The SMILES string of the molecule is CCc1ccc(OCC2CC(F)(F)C2)c(Cl)c1. The highest BCUT2D eigenvalue weighted by atomic mass is 35.5. The Labute approximate surface area is 105 Å². The van der Waals surface area contributed by atoms with Gasteiger partial charge in [0.05, 0.1) is 11.6 Å². The first-order valence-corrected chi connectivity index (χ1v) is 6.17. The second kappa shape index (κ2) is 4.81. The van der Waals surface area contributed by atoms with E-state index in [1.807, 2.05) is 19.1 Å². The maximum absolute atomic E-state index is 12.6. The number of alkyl halides is 2. The lowest BCUT2D eigenvalue weighted by Crippen LogP contribution is -2.38. The smallest absolute Gasteiger partial charge is 0.248 e. The number of rotatable bonds is 4. The molecule has 4 heteroatoms. The summed E-state index contributed by atoms with van der Waals surface area (Å²) in [6.45, 7) is 2.36. The Morgan fingerprint density at radius 2 is 2.12 bits per heavy atom. The molecule has 0 radical (unpaired) electrons. The Balaban J connectivity index is 1.87. The molecule has 1 fully saturated rings. The second-order valence-electron chi connectivity index (χ2n) is 4.56. The van der Waals surface area contributed by atoms with Crippen molar-refractivity contribution in [3.63, 3.8) is 0 Å². The molecule has 1 aliphatic rings. The topological polar surface area (TPSA) is 9.23 Å². The maximum Gasteiger partial charge on any atom is 0.248 e. The lowest BCUT2D eigenvalue weighted by molar-refractivity contribution is -0.119. The largest absolute Gasteiger partial charge is 0.492 e. The molecule has 2 rings (SSSR count). The zero-order valence-corrected chi connectivity index (χ0v) is 10.4. The molecule has 1 saturated carbocycles. The van der Waals surface area contributed by atoms with Crippen molar-refractivity contribution in [2.24, 2.45) is 5.92 Å². The minimum atomic E-state index is -2.48. The van der Waals surface area contributed by atoms with Crippen LogP contribution in [0, 0.1) is 5.92 Å². The average Bonchev–Trinajstić information content (AvgIpc) is 2.24. The van der Waals surface area contributed by atoms with Gasteiger partial charge in [0.1, 0.15) is 5.75 Å². The molecule has 0 bridgehead atoms. The van der Waals surface area contributed by atoms with E-state index >= 15 is 0 Å². The van der Waals surface area contributed by atoms with E-state index in [2.05, 4.69) is 0 Å². The predicted octanol–water partition coefficient (Wildman–Crippen LogP) is 4.33. The van der Waals surface area contributed by atoms with E-state index in [9.17, 15) is 8.78 Å². The van der Waals surface area contributed by atoms with E-state index < -0.39 is 5.92 Å². The quantitative estimate of drug-likeness (QED) is 0.783. The minimum absolute atomic E-state index is 0.0491. The van der Waals surface area contributed by atoms with Crippen molar-refractivity contribution in [3.05, 3.63) is 28.8 Å². The first-order valence-electron chi connectivity index (χ1n) is 5.79. The van der Waals surface area contributed by atoms with Gasteiger partial charge in [-0.15, -0.1) is 0 Å². The molecule has 0 unspecified atom stereocenters. The van der Waals surface area contributed by atoms with Crippen LogP contribution in [0.3, 0.4) is 0 Å². The number of benzene rings is 1. The lowest BCUT2D eigenvalue weighted by atomic mass is 9.82. The summed E-state index contributed by atoms with van der Waals surface area (Å²) in [7, 11) is 0. The molecule has 0 heterocycles. The highest BCUT2D eigenvalue weighted by molar-refractivity contribution is 6.32. The van der Waals surface area contributed by atoms with Gasteiger partial charge in [-0.25, -0.2) is 8.78 Å². The van der Waals surface area contributed by atoms with Crippen LogP contribution in [0.15, 0.2) is 18.2 Å². The van der Waals surface area contributed by atoms with Gasteiger partial charge in [0.2, 0.25) is 5.92 Å². The van der Waals surface area contributed by atoms with Crippen molar-refractivity contribution >= 4 is 11.6 Å². The van der Waals surface area contributed by atoms with Crippen LogP contribution in [-0.2, 0) is 6.42 Å². The van der Waals surface area contributed by atoms with Gasteiger partial charge in [0, 0.05) is 18.8 Å². The van der Waals surface area contributed by atoms with Gasteiger partial charge in [-0.05, 0) is 24.1 Å². The lowest BCUT2D eigenvalue weighted by Gasteiger charge is -2.34. The molecule has 1 aromatic rings. The summed E-state index contributed by atoms with van der Waals surface area (Å²) in [5.74, 6) is -1.95. The third-order valence-corrected chi connectivity index (χ3v) is 3.35. The molecule has 0 spiro atoms. The summed E-state index contributed by atoms with van der Waals surface area (Å²) < 4.78 is 30.7. The first kappa shape index (κ1) is 12.6. The molecule has 0 saturated heterocycles. The van der Waals surface area contributed by atoms with Crippen molar-refractivity contribution in [2.45, 2.75) is 32.1 Å². The molecule has 0 aliphatic heterocycles. The third-order valence-electron chi connectivity index (χ3n) is 3.05. The Kier molecular flexibility index (Phi) is 3.57. The molecule has 17 heavy (non-hydrogen) atoms. The van der Waals surface area contributed by atoms with E-state index in [4.69, 9.17) is 16.3 Å². The molecule has 0 atom stereocenters. The number of hydrogen-bond acceptors (Lipinski definition) is 1. The van der Waals surface area contributed by atoms with Gasteiger partial charge in [0.25, 0.3) is 0 Å². The first-order chi connectivity index (χ1) is 8.00. The van der Waals surface area contributed by atoms with E-state index in [1.54, 1.807) is 6.07 Å². The fourth-order valence-electron chi connectivity index (χ4n) is 1.99. The zero-order chi connectivity index (χ0) is 12.5. The van der Waals surface area contributed by atoms with Crippen LogP contribution >= 0.6 is 11.6 Å². The van der Waals surface area contributed by atoms with Crippen LogP contribution in [0.2, 0.25) is 5.02 Å². The van der Waals surface area contributed by atoms with Crippen LogP contribution < -0.4 is 4.74 Å². The summed E-state index contributed by atoms with van der Waals surface area (Å²) in [5, 5.41) is 0.551. The Morgan fingerprint density at radius 1 is 1.41 bits per heavy atom. The van der Waals surface area contributed by atoms with Crippen LogP contribution in [0.5, 0.6) is 5.75 Å². The number of halogens is 3. The summed E-state index contributed by atoms with van der Waals surface area (Å²) in [6, 6.07) is 5.60. The number of aryl methyl sites for hydroxylation is 1. The minimum Gasteiger partial charge on any atom is -0.492 e. The van der Waals surface area contributed by atoms with Crippen LogP contribution in [-0.4, -0.2) is 12.5 Å². The summed E-state index contributed by atoms with van der Waals surface area (Å²) in [4.78, 5) is 0. The standard InChI is InChI=1S/C13H15ClF2O/c1-2-9-3-4-12(11(14)5-9)17-8-10-6-13(15,16)7-10/h3-5,10H,2,6-8H2,1H3. The van der Waals surface area contributed by atoms with E-state index in [-0.39, 0.29) is 18.8 Å². The van der Waals surface area contributed by atoms with Gasteiger partial charge in [-0.3, -0.25) is 0 Å². The van der Waals surface area contributed by atoms with Crippen LogP contribution in [0.25, 0.3) is 0 Å². The van der Waals surface area contributed by atoms with Crippen molar-refractivity contribution in [1.82, 2.24) is 0 Å². The van der Waals surface area contributed by atoms with Gasteiger partial charge in [-0.2, -0.15) is 0 Å². The average molecular weight is 261 g/mol. The number of hydrogen-bond donors (Lipinski definition) is 0. The number of ether oxygens (including phenoxy) is 1. The van der Waals surface area contributed by atoms with Gasteiger partial charge in [-0.1, -0.05) is 24.6 Å². The summed E-state index contributed by atoms with van der Waals surface area (Å²) in [6.07, 6.45) is 0.768. The second-order valence-corrected chi connectivity index (χ2v) is 4.97. The molecule has 1 aliphatic carbocycles. The van der Waals surface area contributed by atoms with Crippen molar-refractivity contribution in [2.75, 3.05) is 6.61 Å². The normalized spacial score (nSPS) is 18.8. The van der Waals surface area contributed by atoms with E-state index in [0.29, 0.717) is 17.4 Å². The highest BCUT2D eigenvalue weighted by Gasteiger charge is 2.45. The van der Waals surface area contributed by atoms with Crippen LogP contribution in [0.1, 0.15) is 25.3 Å². The van der Waals surface area contributed by atoms with Crippen molar-refractivity contribution < 1.29 is 13.5 Å². The van der Waals surface area contributed by atoms with E-state index in [1.165, 1.54) is 0 Å². The molecule has 0 N–H and O–H groups in total. The molecular weight excluding hydrogens is 246 g/mol. The maximum atomic E-state index is 12.6. The summed E-state index contributed by atoms with van der Waals surface area (Å²) >= 11 is 6.04. The molecule has 94 valence electrons. The Bertz CT molecular complexity index is 398. The molecule has 1 nitrogen and oxygen atoms in total.